The third kappa shape index (κ3) is 4.34. The molecule has 5 nitrogen and oxygen atoms in total. The molecule has 0 aliphatic carbocycles. The molecule has 1 rings (SSSR count). The van der Waals surface area contributed by atoms with Gasteiger partial charge in [0.1, 0.15) is 5.76 Å². The molecule has 1 aromatic heterocycles. The monoisotopic (exact) mass is 291 g/mol. The first-order valence-corrected chi connectivity index (χ1v) is 5.57. The molecule has 0 amide bonds. The smallest absolute Gasteiger partial charge is 0.317 e. The molecule has 0 aromatic carbocycles. The number of nitrogens with zero attached hydrogens (tertiary/aromatic N) is 1. The Bertz CT molecular complexity index is 339. The van der Waals surface area contributed by atoms with E-state index in [9.17, 15) is 4.79 Å². The predicted molar refractivity (Wildman–Crippen MR) is 61.2 cm³/mol. The van der Waals surface area contributed by atoms with Gasteiger partial charge in [-0.25, -0.2) is 0 Å². The van der Waals surface area contributed by atoms with Crippen LogP contribution in [0.2, 0.25) is 0 Å². The molecule has 0 aliphatic heterocycles. The normalized spacial score (nSPS) is 10.9. The summed E-state index contributed by atoms with van der Waals surface area (Å²) in [5.41, 5.74) is 0. The summed E-state index contributed by atoms with van der Waals surface area (Å²) in [6.07, 6.45) is 1.56. The number of furan rings is 1. The van der Waals surface area contributed by atoms with Crippen molar-refractivity contribution in [3.05, 3.63) is 22.6 Å². The highest BCUT2D eigenvalue weighted by Crippen LogP contribution is 2.19. The molecule has 0 saturated carbocycles. The molecule has 0 aliphatic rings. The maximum absolute atomic E-state index is 10.7. The van der Waals surface area contributed by atoms with E-state index >= 15 is 0 Å². The standard InChI is InChI=1S/C10H14BrNO4/c1-15-5-3-12(7-10(13)14)6-9-8(11)2-4-16-9/h2,4H,3,5-7H2,1H3,(H,13,14). The average molecular weight is 292 g/mol. The molecule has 16 heavy (non-hydrogen) atoms. The van der Waals surface area contributed by atoms with Crippen molar-refractivity contribution in [1.82, 2.24) is 4.90 Å². The van der Waals surface area contributed by atoms with E-state index in [1.165, 1.54) is 0 Å². The van der Waals surface area contributed by atoms with Crippen LogP contribution in [0.4, 0.5) is 0 Å². The zero-order valence-electron chi connectivity index (χ0n) is 8.98. The molecule has 0 fully saturated rings. The van der Waals surface area contributed by atoms with Gasteiger partial charge in [0.05, 0.1) is 30.4 Å². The van der Waals surface area contributed by atoms with E-state index in [-0.39, 0.29) is 6.54 Å². The van der Waals surface area contributed by atoms with Crippen LogP contribution in [-0.4, -0.2) is 42.8 Å². The van der Waals surface area contributed by atoms with Gasteiger partial charge in [0.2, 0.25) is 0 Å². The summed E-state index contributed by atoms with van der Waals surface area (Å²) in [6, 6.07) is 1.78. The van der Waals surface area contributed by atoms with E-state index in [1.807, 2.05) is 0 Å². The Balaban J connectivity index is 2.55. The number of carboxylic acids is 1. The maximum Gasteiger partial charge on any atom is 0.317 e. The second-order valence-electron chi connectivity index (χ2n) is 3.29. The van der Waals surface area contributed by atoms with Crippen LogP contribution in [-0.2, 0) is 16.1 Å². The molecule has 1 aromatic rings. The van der Waals surface area contributed by atoms with E-state index in [0.29, 0.717) is 19.7 Å². The van der Waals surface area contributed by atoms with E-state index in [0.717, 1.165) is 10.2 Å². The number of carbonyl (C=O) groups is 1. The van der Waals surface area contributed by atoms with Gasteiger partial charge in [0, 0.05) is 13.7 Å². The maximum atomic E-state index is 10.7. The third-order valence-electron chi connectivity index (χ3n) is 2.03. The van der Waals surface area contributed by atoms with E-state index in [2.05, 4.69) is 15.9 Å². The Morgan fingerprint density at radius 2 is 2.44 bits per heavy atom. The summed E-state index contributed by atoms with van der Waals surface area (Å²) >= 11 is 3.33. The van der Waals surface area contributed by atoms with Crippen molar-refractivity contribution >= 4 is 21.9 Å². The fraction of sp³-hybridized carbons (Fsp3) is 0.500. The zero-order chi connectivity index (χ0) is 12.0. The summed E-state index contributed by atoms with van der Waals surface area (Å²) in [6.45, 7) is 1.46. The molecular weight excluding hydrogens is 278 g/mol. The summed E-state index contributed by atoms with van der Waals surface area (Å²) in [5.74, 6) is -0.142. The van der Waals surface area contributed by atoms with Crippen LogP contribution >= 0.6 is 15.9 Å². The second kappa shape index (κ2) is 6.67. The molecule has 6 heteroatoms. The molecule has 1 N–H and O–H groups in total. The van der Waals surface area contributed by atoms with Gasteiger partial charge in [-0.3, -0.25) is 9.69 Å². The van der Waals surface area contributed by atoms with E-state index in [4.69, 9.17) is 14.3 Å². The van der Waals surface area contributed by atoms with Gasteiger partial charge in [-0.1, -0.05) is 0 Å². The SMILES string of the molecule is COCCN(CC(=O)O)Cc1occc1Br. The van der Waals surface area contributed by atoms with Crippen molar-refractivity contribution in [3.63, 3.8) is 0 Å². The number of rotatable bonds is 7. The van der Waals surface area contributed by atoms with Crippen molar-refractivity contribution in [2.24, 2.45) is 0 Å². The number of hydrogen-bond donors (Lipinski definition) is 1. The molecule has 0 atom stereocenters. The van der Waals surface area contributed by atoms with Gasteiger partial charge in [-0.05, 0) is 22.0 Å². The first-order chi connectivity index (χ1) is 7.63. The zero-order valence-corrected chi connectivity index (χ0v) is 10.6. The highest BCUT2D eigenvalue weighted by atomic mass is 79.9. The van der Waals surface area contributed by atoms with Gasteiger partial charge in [-0.15, -0.1) is 0 Å². The van der Waals surface area contributed by atoms with Crippen LogP contribution in [0.5, 0.6) is 0 Å². The van der Waals surface area contributed by atoms with Crippen molar-refractivity contribution in [1.29, 1.82) is 0 Å². The number of ether oxygens (including phenoxy) is 1. The Morgan fingerprint density at radius 1 is 1.69 bits per heavy atom. The van der Waals surface area contributed by atoms with Gasteiger partial charge < -0.3 is 14.3 Å². The molecule has 0 radical (unpaired) electrons. The highest BCUT2D eigenvalue weighted by molar-refractivity contribution is 9.10. The predicted octanol–water partition coefficient (Wildman–Crippen LogP) is 1.58. The summed E-state index contributed by atoms with van der Waals surface area (Å²) in [5, 5.41) is 8.76. The Hall–Kier alpha value is -0.850. The lowest BCUT2D eigenvalue weighted by Gasteiger charge is -2.18. The van der Waals surface area contributed by atoms with Crippen LogP contribution < -0.4 is 0 Å². The van der Waals surface area contributed by atoms with Crippen LogP contribution in [0.3, 0.4) is 0 Å². The minimum absolute atomic E-state index is 0.0312. The molecular formula is C10H14BrNO4. The van der Waals surface area contributed by atoms with Gasteiger partial charge in [0.15, 0.2) is 0 Å². The summed E-state index contributed by atoms with van der Waals surface area (Å²) in [4.78, 5) is 12.4. The topological polar surface area (TPSA) is 62.9 Å². The number of carboxylic acid groups (broad SMARTS) is 1. The molecule has 0 bridgehead atoms. The van der Waals surface area contributed by atoms with Crippen LogP contribution in [0, 0.1) is 0 Å². The Morgan fingerprint density at radius 3 is 2.94 bits per heavy atom. The van der Waals surface area contributed by atoms with Gasteiger partial charge in [-0.2, -0.15) is 0 Å². The lowest BCUT2D eigenvalue weighted by atomic mass is 10.4. The Labute approximate surface area is 102 Å². The first kappa shape index (κ1) is 13.2. The average Bonchev–Trinajstić information content (AvgIpc) is 2.60. The summed E-state index contributed by atoms with van der Waals surface area (Å²) < 4.78 is 11.0. The van der Waals surface area contributed by atoms with E-state index < -0.39 is 5.97 Å². The molecule has 0 saturated heterocycles. The highest BCUT2D eigenvalue weighted by Gasteiger charge is 2.13. The molecule has 0 unspecified atom stereocenters. The quantitative estimate of drug-likeness (QED) is 0.826. The number of hydrogen-bond acceptors (Lipinski definition) is 4. The first-order valence-electron chi connectivity index (χ1n) is 4.78. The van der Waals surface area contributed by atoms with Crippen molar-refractivity contribution in [2.45, 2.75) is 6.54 Å². The van der Waals surface area contributed by atoms with Gasteiger partial charge >= 0.3 is 5.97 Å². The van der Waals surface area contributed by atoms with Crippen LogP contribution in [0.25, 0.3) is 0 Å². The molecule has 90 valence electrons. The minimum Gasteiger partial charge on any atom is -0.480 e. The number of halogens is 1. The number of methoxy groups -OCH3 is 1. The molecule has 0 spiro atoms. The second-order valence-corrected chi connectivity index (χ2v) is 4.14. The minimum atomic E-state index is -0.862. The Kier molecular flexibility index (Phi) is 5.51. The third-order valence-corrected chi connectivity index (χ3v) is 2.74. The molecule has 1 heterocycles. The fourth-order valence-corrected chi connectivity index (χ4v) is 1.59. The largest absolute Gasteiger partial charge is 0.480 e. The van der Waals surface area contributed by atoms with Gasteiger partial charge in [0.25, 0.3) is 0 Å². The van der Waals surface area contributed by atoms with Crippen LogP contribution in [0.15, 0.2) is 21.2 Å². The lowest BCUT2D eigenvalue weighted by molar-refractivity contribution is -0.138. The van der Waals surface area contributed by atoms with Crippen molar-refractivity contribution in [3.8, 4) is 0 Å². The lowest BCUT2D eigenvalue weighted by Crippen LogP contribution is -2.32. The fourth-order valence-electron chi connectivity index (χ4n) is 1.27. The van der Waals surface area contributed by atoms with Crippen molar-refractivity contribution < 1.29 is 19.1 Å². The van der Waals surface area contributed by atoms with Crippen molar-refractivity contribution in [2.75, 3.05) is 26.8 Å². The van der Waals surface area contributed by atoms with E-state index in [1.54, 1.807) is 24.3 Å². The van der Waals surface area contributed by atoms with Crippen LogP contribution in [0.1, 0.15) is 5.76 Å². The summed E-state index contributed by atoms with van der Waals surface area (Å²) in [7, 11) is 1.59. The number of aliphatic carboxylic acids is 1.